The largest absolute Gasteiger partial charge is 0.395 e. The van der Waals surface area contributed by atoms with Gasteiger partial charge >= 0.3 is 0 Å². The smallest absolute Gasteiger partial charge is 0.160 e. The molecule has 4 saturated carbocycles. The van der Waals surface area contributed by atoms with Crippen molar-refractivity contribution in [1.29, 1.82) is 0 Å². The van der Waals surface area contributed by atoms with Crippen molar-refractivity contribution in [2.24, 2.45) is 50.7 Å². The SMILES string of the molecule is CC(C)C1=C2C3CCC4C5(C)CCCC(C)(C)C5CCC4(C)[C@]3(C)CCC2(CO)CC1=O. The van der Waals surface area contributed by atoms with Crippen molar-refractivity contribution in [2.45, 2.75) is 113 Å². The Bertz CT molecular complexity index is 851. The molecule has 5 aliphatic carbocycles. The molecule has 4 fully saturated rings. The molecule has 0 aliphatic heterocycles. The summed E-state index contributed by atoms with van der Waals surface area (Å²) in [6.07, 6.45) is 12.2. The topological polar surface area (TPSA) is 37.3 Å². The first-order chi connectivity index (χ1) is 14.9. The van der Waals surface area contributed by atoms with E-state index in [1.165, 1.54) is 56.9 Å². The highest BCUT2D eigenvalue weighted by atomic mass is 16.3. The molecule has 180 valence electrons. The third-order valence-corrected chi connectivity index (χ3v) is 12.6. The average Bonchev–Trinajstić information content (AvgIpc) is 3.00. The molecule has 0 aromatic heterocycles. The average molecular weight is 441 g/mol. The van der Waals surface area contributed by atoms with Crippen molar-refractivity contribution in [3.8, 4) is 0 Å². The zero-order valence-electron chi connectivity index (χ0n) is 21.9. The minimum Gasteiger partial charge on any atom is -0.395 e. The number of fused-ring (bicyclic) bond motifs is 7. The lowest BCUT2D eigenvalue weighted by Gasteiger charge is -2.71. The Hall–Kier alpha value is -0.630. The number of carbonyl (C=O) groups is 1. The van der Waals surface area contributed by atoms with Crippen LogP contribution in [-0.2, 0) is 4.79 Å². The van der Waals surface area contributed by atoms with E-state index in [1.54, 1.807) is 0 Å². The minimum absolute atomic E-state index is 0.158. The number of aliphatic hydroxyl groups is 1. The molecule has 5 rings (SSSR count). The van der Waals surface area contributed by atoms with Gasteiger partial charge in [-0.2, -0.15) is 0 Å². The number of hydrogen-bond donors (Lipinski definition) is 1. The zero-order chi connectivity index (χ0) is 23.3. The maximum absolute atomic E-state index is 13.2. The minimum atomic E-state index is -0.252. The van der Waals surface area contributed by atoms with Gasteiger partial charge in [-0.25, -0.2) is 0 Å². The highest BCUT2D eigenvalue weighted by Crippen LogP contribution is 2.76. The third kappa shape index (κ3) is 2.65. The van der Waals surface area contributed by atoms with E-state index in [4.69, 9.17) is 0 Å². The lowest BCUT2D eigenvalue weighted by atomic mass is 9.33. The maximum Gasteiger partial charge on any atom is 0.160 e. The summed E-state index contributed by atoms with van der Waals surface area (Å²) in [6, 6.07) is 0. The molecule has 0 aromatic rings. The Kier molecular flexibility index (Phi) is 5.03. The monoisotopic (exact) mass is 440 g/mol. The van der Waals surface area contributed by atoms with Gasteiger partial charge in [0.15, 0.2) is 5.78 Å². The van der Waals surface area contributed by atoms with Crippen molar-refractivity contribution in [1.82, 2.24) is 0 Å². The van der Waals surface area contributed by atoms with Gasteiger partial charge in [-0.3, -0.25) is 4.79 Å². The van der Waals surface area contributed by atoms with Crippen molar-refractivity contribution in [2.75, 3.05) is 6.61 Å². The first kappa shape index (κ1) is 23.1. The predicted molar refractivity (Wildman–Crippen MR) is 131 cm³/mol. The summed E-state index contributed by atoms with van der Waals surface area (Å²) in [6.45, 7) is 17.6. The maximum atomic E-state index is 13.2. The molecule has 0 aromatic carbocycles. The van der Waals surface area contributed by atoms with Gasteiger partial charge in [0, 0.05) is 11.8 Å². The van der Waals surface area contributed by atoms with Crippen LogP contribution in [0, 0.1) is 50.7 Å². The summed E-state index contributed by atoms with van der Waals surface area (Å²) in [5.41, 5.74) is 3.77. The second kappa shape index (κ2) is 6.96. The second-order valence-corrected chi connectivity index (χ2v) is 14.5. The Balaban J connectivity index is 1.61. The van der Waals surface area contributed by atoms with Gasteiger partial charge in [-0.05, 0) is 102 Å². The summed E-state index contributed by atoms with van der Waals surface area (Å²) < 4.78 is 0. The normalized spacial score (nSPS) is 50.0. The fraction of sp³-hybridized carbons (Fsp3) is 0.900. The van der Waals surface area contributed by atoms with E-state index in [2.05, 4.69) is 48.5 Å². The number of carbonyl (C=O) groups excluding carboxylic acids is 1. The molecule has 0 saturated heterocycles. The second-order valence-electron chi connectivity index (χ2n) is 14.5. The Morgan fingerprint density at radius 3 is 2.25 bits per heavy atom. The van der Waals surface area contributed by atoms with Gasteiger partial charge in [0.1, 0.15) is 0 Å². The number of rotatable bonds is 2. The van der Waals surface area contributed by atoms with E-state index >= 15 is 0 Å². The number of allylic oxidation sites excluding steroid dienone is 1. The quantitative estimate of drug-likeness (QED) is 0.487. The summed E-state index contributed by atoms with van der Waals surface area (Å²) in [5, 5.41) is 10.6. The van der Waals surface area contributed by atoms with E-state index < -0.39 is 0 Å². The van der Waals surface area contributed by atoms with Gasteiger partial charge in [0.2, 0.25) is 0 Å². The summed E-state index contributed by atoms with van der Waals surface area (Å²) in [7, 11) is 0. The van der Waals surface area contributed by atoms with Crippen molar-refractivity contribution < 1.29 is 9.90 Å². The number of aliphatic hydroxyl groups excluding tert-OH is 1. The van der Waals surface area contributed by atoms with Gasteiger partial charge in [-0.1, -0.05) is 60.5 Å². The molecular weight excluding hydrogens is 392 g/mol. The molecular formula is C30H48O2. The van der Waals surface area contributed by atoms with Crippen molar-refractivity contribution >= 4 is 5.78 Å². The lowest BCUT2D eigenvalue weighted by Crippen LogP contribution is -2.64. The third-order valence-electron chi connectivity index (χ3n) is 12.6. The number of hydrogen-bond acceptors (Lipinski definition) is 2. The summed E-state index contributed by atoms with van der Waals surface area (Å²) in [4.78, 5) is 13.2. The fourth-order valence-electron chi connectivity index (χ4n) is 11.0. The first-order valence-corrected chi connectivity index (χ1v) is 13.7. The molecule has 6 unspecified atom stereocenters. The van der Waals surface area contributed by atoms with Gasteiger partial charge in [-0.15, -0.1) is 0 Å². The first-order valence-electron chi connectivity index (χ1n) is 13.7. The van der Waals surface area contributed by atoms with Crippen LogP contribution in [0.1, 0.15) is 113 Å². The highest BCUT2D eigenvalue weighted by Gasteiger charge is 2.69. The van der Waals surface area contributed by atoms with Crippen molar-refractivity contribution in [3.63, 3.8) is 0 Å². The lowest BCUT2D eigenvalue weighted by molar-refractivity contribution is -0.213. The van der Waals surface area contributed by atoms with Crippen LogP contribution in [0.4, 0.5) is 0 Å². The van der Waals surface area contributed by atoms with Crippen LogP contribution in [0.5, 0.6) is 0 Å². The fourth-order valence-corrected chi connectivity index (χ4v) is 11.0. The van der Waals surface area contributed by atoms with Crippen molar-refractivity contribution in [3.05, 3.63) is 11.1 Å². The Morgan fingerprint density at radius 1 is 0.875 bits per heavy atom. The number of Topliss-reactive ketones (excluding diaryl/α,β-unsaturated/α-hetero) is 1. The van der Waals surface area contributed by atoms with E-state index in [-0.39, 0.29) is 23.4 Å². The predicted octanol–water partition coefficient (Wildman–Crippen LogP) is 7.35. The molecule has 32 heavy (non-hydrogen) atoms. The number of ketones is 1. The van der Waals surface area contributed by atoms with Crippen LogP contribution >= 0.6 is 0 Å². The van der Waals surface area contributed by atoms with Crippen LogP contribution in [0.2, 0.25) is 0 Å². The van der Waals surface area contributed by atoms with Crippen LogP contribution in [0.3, 0.4) is 0 Å². The van der Waals surface area contributed by atoms with Gasteiger partial charge < -0.3 is 5.11 Å². The standard InChI is InChI=1S/C30H48O2/c1-19(2)24-21(32)17-30(18-31)16-15-28(6)20(25(24)30)9-10-23-27(5)13-8-12-26(3,4)22(27)11-14-29(23,28)7/h19-20,22-23,31H,8-18H2,1-7H3/t20?,22?,23?,27?,28-,29?,30?/m1/s1. The molecule has 1 N–H and O–H groups in total. The molecule has 0 spiro atoms. The van der Waals surface area contributed by atoms with E-state index in [9.17, 15) is 9.90 Å². The van der Waals surface area contributed by atoms with E-state index in [1.807, 2.05) is 0 Å². The molecule has 2 heteroatoms. The Labute approximate surface area is 197 Å². The van der Waals surface area contributed by atoms with Gasteiger partial charge in [0.25, 0.3) is 0 Å². The molecule has 0 bridgehead atoms. The van der Waals surface area contributed by atoms with E-state index in [0.717, 1.165) is 23.8 Å². The van der Waals surface area contributed by atoms with Gasteiger partial charge in [0.05, 0.1) is 6.61 Å². The molecule has 2 nitrogen and oxygen atoms in total. The van der Waals surface area contributed by atoms with Crippen LogP contribution in [0.15, 0.2) is 11.1 Å². The molecule has 0 heterocycles. The molecule has 7 atom stereocenters. The molecule has 5 aliphatic rings. The Morgan fingerprint density at radius 2 is 1.59 bits per heavy atom. The molecule has 0 amide bonds. The summed E-state index contributed by atoms with van der Waals surface area (Å²) in [5.74, 6) is 2.72. The van der Waals surface area contributed by atoms with E-state index in [0.29, 0.717) is 34.4 Å². The van der Waals surface area contributed by atoms with Crippen LogP contribution in [0.25, 0.3) is 0 Å². The molecule has 0 radical (unpaired) electrons. The van der Waals surface area contributed by atoms with Crippen LogP contribution < -0.4 is 0 Å². The van der Waals surface area contributed by atoms with Crippen LogP contribution in [-0.4, -0.2) is 17.5 Å². The zero-order valence-corrected chi connectivity index (χ0v) is 21.9. The summed E-state index contributed by atoms with van der Waals surface area (Å²) >= 11 is 0. The highest BCUT2D eigenvalue weighted by molar-refractivity contribution is 6.00.